The predicted octanol–water partition coefficient (Wildman–Crippen LogP) is 4.03. The van der Waals surface area contributed by atoms with Crippen LogP contribution >= 0.6 is 0 Å². The third kappa shape index (κ3) is 5.78. The number of piperidine rings is 1. The predicted molar refractivity (Wildman–Crippen MR) is 131 cm³/mol. The normalized spacial score (nSPS) is 16.1. The van der Waals surface area contributed by atoms with Gasteiger partial charge >= 0.3 is 0 Å². The molecule has 7 heteroatoms. The molecule has 1 aliphatic heterocycles. The first-order valence-electron chi connectivity index (χ1n) is 12.1. The van der Waals surface area contributed by atoms with Crippen molar-refractivity contribution in [3.63, 3.8) is 0 Å². The minimum Gasteiger partial charge on any atom is -0.356 e. The Labute approximate surface area is 196 Å². The van der Waals surface area contributed by atoms with Gasteiger partial charge in [-0.25, -0.2) is 9.97 Å². The monoisotopic (exact) mass is 446 g/mol. The van der Waals surface area contributed by atoms with Crippen LogP contribution in [0.1, 0.15) is 55.8 Å². The Balaban J connectivity index is 1.43. The van der Waals surface area contributed by atoms with Crippen LogP contribution < -0.4 is 10.2 Å². The van der Waals surface area contributed by atoms with Crippen LogP contribution in [0.25, 0.3) is 5.95 Å². The zero-order valence-electron chi connectivity index (χ0n) is 19.7. The number of hydrogen-bond donors (Lipinski definition) is 1. The average Bonchev–Trinajstić information content (AvgIpc) is 3.38. The van der Waals surface area contributed by atoms with Crippen LogP contribution in [-0.2, 0) is 17.6 Å². The molecular weight excluding hydrogens is 412 g/mol. The van der Waals surface area contributed by atoms with Crippen LogP contribution in [0, 0.1) is 6.92 Å². The number of aromatic nitrogens is 4. The maximum Gasteiger partial charge on any atom is 0.237 e. The molecule has 7 nitrogen and oxygen atoms in total. The molecule has 0 radical (unpaired) electrons. The molecule has 1 aromatic carbocycles. The second-order valence-electron chi connectivity index (χ2n) is 8.72. The van der Waals surface area contributed by atoms with E-state index in [1.165, 1.54) is 5.56 Å². The summed E-state index contributed by atoms with van der Waals surface area (Å²) in [5.74, 6) is 1.72. The van der Waals surface area contributed by atoms with Crippen LogP contribution in [0.5, 0.6) is 0 Å². The third-order valence-electron chi connectivity index (χ3n) is 6.40. The number of rotatable bonds is 9. The van der Waals surface area contributed by atoms with Crippen molar-refractivity contribution in [1.82, 2.24) is 24.8 Å². The van der Waals surface area contributed by atoms with Crippen molar-refractivity contribution in [2.45, 2.75) is 64.8 Å². The van der Waals surface area contributed by atoms with E-state index >= 15 is 0 Å². The minimum absolute atomic E-state index is 0.124. The van der Waals surface area contributed by atoms with Crippen molar-refractivity contribution < 1.29 is 4.79 Å². The Kier molecular flexibility index (Phi) is 7.70. The van der Waals surface area contributed by atoms with Gasteiger partial charge in [0.05, 0.1) is 0 Å². The standard InChI is InChI=1S/C26H34N6O/c1-3-23-20(2)29-26(31-17-15-27-19-31)30-25(23)32-16-8-7-13-22(32)18-24(33)28-14-9-12-21-10-5-4-6-11-21/h4-6,10-11,15,17,19,22H,3,7-9,12-14,16,18H2,1-2H3,(H,28,33). The zero-order chi connectivity index (χ0) is 23.0. The Morgan fingerprint density at radius 1 is 1.18 bits per heavy atom. The van der Waals surface area contributed by atoms with Gasteiger partial charge in [-0.3, -0.25) is 9.36 Å². The summed E-state index contributed by atoms with van der Waals surface area (Å²) < 4.78 is 1.84. The van der Waals surface area contributed by atoms with Crippen molar-refractivity contribution in [2.75, 3.05) is 18.0 Å². The number of carbonyl (C=O) groups excluding carboxylic acids is 1. The Morgan fingerprint density at radius 2 is 2.03 bits per heavy atom. The lowest BCUT2D eigenvalue weighted by molar-refractivity contribution is -0.121. The molecule has 0 spiro atoms. The number of benzene rings is 1. The van der Waals surface area contributed by atoms with Gasteiger partial charge in [-0.1, -0.05) is 37.3 Å². The van der Waals surface area contributed by atoms with E-state index in [-0.39, 0.29) is 11.9 Å². The Morgan fingerprint density at radius 3 is 2.79 bits per heavy atom. The van der Waals surface area contributed by atoms with E-state index in [2.05, 4.69) is 46.4 Å². The molecular formula is C26H34N6O. The molecule has 0 bridgehead atoms. The Hall–Kier alpha value is -3.22. The number of nitrogens with zero attached hydrogens (tertiary/aromatic N) is 5. The van der Waals surface area contributed by atoms with E-state index < -0.39 is 0 Å². The molecule has 1 fully saturated rings. The molecule has 1 saturated heterocycles. The van der Waals surface area contributed by atoms with Gasteiger partial charge in [0.25, 0.3) is 0 Å². The Bertz CT molecular complexity index is 1030. The number of hydrogen-bond acceptors (Lipinski definition) is 5. The molecule has 174 valence electrons. The fraction of sp³-hybridized carbons (Fsp3) is 0.462. The average molecular weight is 447 g/mol. The van der Waals surface area contributed by atoms with Crippen LogP contribution in [0.3, 0.4) is 0 Å². The highest BCUT2D eigenvalue weighted by atomic mass is 16.1. The van der Waals surface area contributed by atoms with E-state index in [1.54, 1.807) is 12.5 Å². The zero-order valence-corrected chi connectivity index (χ0v) is 19.7. The van der Waals surface area contributed by atoms with Crippen LogP contribution in [0.4, 0.5) is 5.82 Å². The molecule has 1 amide bonds. The highest BCUT2D eigenvalue weighted by molar-refractivity contribution is 5.77. The summed E-state index contributed by atoms with van der Waals surface area (Å²) in [5, 5.41) is 3.14. The largest absolute Gasteiger partial charge is 0.356 e. The lowest BCUT2D eigenvalue weighted by atomic mass is 9.97. The third-order valence-corrected chi connectivity index (χ3v) is 6.40. The van der Waals surface area contributed by atoms with Crippen molar-refractivity contribution in [1.29, 1.82) is 0 Å². The lowest BCUT2D eigenvalue weighted by Gasteiger charge is -2.37. The van der Waals surface area contributed by atoms with Gasteiger partial charge in [0.15, 0.2) is 0 Å². The molecule has 0 saturated carbocycles. The number of carbonyl (C=O) groups is 1. The first kappa shape index (κ1) is 23.0. The summed E-state index contributed by atoms with van der Waals surface area (Å²) in [6, 6.07) is 10.6. The second-order valence-corrected chi connectivity index (χ2v) is 8.72. The molecule has 4 rings (SSSR count). The highest BCUT2D eigenvalue weighted by Crippen LogP contribution is 2.30. The number of aryl methyl sites for hydroxylation is 2. The molecule has 3 heterocycles. The smallest absolute Gasteiger partial charge is 0.237 e. The first-order valence-corrected chi connectivity index (χ1v) is 12.1. The van der Waals surface area contributed by atoms with Gasteiger partial charge < -0.3 is 10.2 Å². The van der Waals surface area contributed by atoms with Crippen LogP contribution in [0.2, 0.25) is 0 Å². The van der Waals surface area contributed by atoms with Crippen molar-refractivity contribution in [3.05, 3.63) is 65.9 Å². The van der Waals surface area contributed by atoms with E-state index in [1.807, 2.05) is 23.8 Å². The van der Waals surface area contributed by atoms with Gasteiger partial charge in [0, 0.05) is 49.2 Å². The number of nitrogens with one attached hydrogen (secondary N) is 1. The summed E-state index contributed by atoms with van der Waals surface area (Å²) in [4.78, 5) is 28.9. The number of amides is 1. The van der Waals surface area contributed by atoms with Crippen molar-refractivity contribution >= 4 is 11.7 Å². The van der Waals surface area contributed by atoms with Crippen molar-refractivity contribution in [3.8, 4) is 5.95 Å². The summed E-state index contributed by atoms with van der Waals surface area (Å²) in [6.45, 7) is 5.81. The van der Waals surface area contributed by atoms with Gasteiger partial charge in [-0.2, -0.15) is 4.98 Å². The maximum absolute atomic E-state index is 12.8. The summed E-state index contributed by atoms with van der Waals surface area (Å²) in [7, 11) is 0. The summed E-state index contributed by atoms with van der Waals surface area (Å²) >= 11 is 0. The highest BCUT2D eigenvalue weighted by Gasteiger charge is 2.28. The molecule has 0 aliphatic carbocycles. The quantitative estimate of drug-likeness (QED) is 0.502. The molecule has 1 atom stereocenters. The SMILES string of the molecule is CCc1c(C)nc(-n2ccnc2)nc1N1CCCCC1CC(=O)NCCCc1ccccc1. The van der Waals surface area contributed by atoms with Crippen LogP contribution in [0.15, 0.2) is 49.1 Å². The lowest BCUT2D eigenvalue weighted by Crippen LogP contribution is -2.44. The molecule has 1 aliphatic rings. The fourth-order valence-corrected chi connectivity index (χ4v) is 4.65. The summed E-state index contributed by atoms with van der Waals surface area (Å²) in [5.41, 5.74) is 3.46. The topological polar surface area (TPSA) is 75.9 Å². The number of anilines is 1. The van der Waals surface area contributed by atoms with Gasteiger partial charge in [-0.05, 0) is 51.0 Å². The van der Waals surface area contributed by atoms with E-state index in [4.69, 9.17) is 9.97 Å². The van der Waals surface area contributed by atoms with E-state index in [0.29, 0.717) is 18.9 Å². The van der Waals surface area contributed by atoms with E-state index in [9.17, 15) is 4.79 Å². The number of imidazole rings is 1. The minimum atomic E-state index is 0.124. The van der Waals surface area contributed by atoms with Gasteiger partial charge in [-0.15, -0.1) is 0 Å². The molecule has 1 unspecified atom stereocenters. The van der Waals surface area contributed by atoms with Crippen molar-refractivity contribution in [2.24, 2.45) is 0 Å². The maximum atomic E-state index is 12.8. The van der Waals surface area contributed by atoms with Gasteiger partial charge in [0.2, 0.25) is 11.9 Å². The second kappa shape index (κ2) is 11.1. The molecule has 33 heavy (non-hydrogen) atoms. The molecule has 3 aromatic rings. The van der Waals surface area contributed by atoms with Crippen LogP contribution in [-0.4, -0.2) is 44.6 Å². The molecule has 1 N–H and O–H groups in total. The fourth-order valence-electron chi connectivity index (χ4n) is 4.65. The van der Waals surface area contributed by atoms with E-state index in [0.717, 1.165) is 62.1 Å². The summed E-state index contributed by atoms with van der Waals surface area (Å²) in [6.07, 6.45) is 11.9. The molecule has 2 aromatic heterocycles. The first-order chi connectivity index (χ1) is 16.2. The van der Waals surface area contributed by atoms with Gasteiger partial charge in [0.1, 0.15) is 12.1 Å².